The van der Waals surface area contributed by atoms with Gasteiger partial charge in [0, 0.05) is 36.5 Å². The van der Waals surface area contributed by atoms with E-state index in [2.05, 4.69) is 15.3 Å². The van der Waals surface area contributed by atoms with Crippen molar-refractivity contribution >= 4 is 11.8 Å². The van der Waals surface area contributed by atoms with Crippen molar-refractivity contribution in [2.24, 2.45) is 10.1 Å². The standard InChI is InChI=1S/C30H33N5O5/c1-21-30(18-24-6-3-4-7-25(24)20-33-35-31,29(37)32-19-22-8-12-26(38-2)13-9-22)34-28(40-21)23-10-14-27(15-11-23)39-17-5-16-36/h3-4,6-15,21,36H,5,16-20H2,1-2H3,(H,32,37)/t21-,30-/m1/s1. The first kappa shape index (κ1) is 28.5. The lowest BCUT2D eigenvalue weighted by molar-refractivity contribution is -0.128. The molecule has 3 aromatic carbocycles. The number of aliphatic hydroxyl groups excluding tert-OH is 1. The van der Waals surface area contributed by atoms with E-state index in [0.29, 0.717) is 36.8 Å². The van der Waals surface area contributed by atoms with Crippen LogP contribution < -0.4 is 14.8 Å². The van der Waals surface area contributed by atoms with Gasteiger partial charge < -0.3 is 24.6 Å². The van der Waals surface area contributed by atoms with Gasteiger partial charge in [-0.3, -0.25) is 4.79 Å². The predicted octanol–water partition coefficient (Wildman–Crippen LogP) is 4.73. The van der Waals surface area contributed by atoms with E-state index >= 15 is 0 Å². The van der Waals surface area contributed by atoms with E-state index in [9.17, 15) is 4.79 Å². The minimum absolute atomic E-state index is 0.0647. The molecule has 0 saturated carbocycles. The maximum atomic E-state index is 13.9. The number of carbonyl (C=O) groups is 1. The molecule has 2 atom stereocenters. The molecular weight excluding hydrogens is 510 g/mol. The highest BCUT2D eigenvalue weighted by Crippen LogP contribution is 2.34. The molecule has 4 rings (SSSR count). The second-order valence-electron chi connectivity index (χ2n) is 9.42. The monoisotopic (exact) mass is 543 g/mol. The summed E-state index contributed by atoms with van der Waals surface area (Å²) in [5.41, 5.74) is 10.9. The summed E-state index contributed by atoms with van der Waals surface area (Å²) in [4.78, 5) is 21.7. The molecular formula is C30H33N5O5. The normalized spacial score (nSPS) is 17.8. The molecule has 1 aliphatic heterocycles. The largest absolute Gasteiger partial charge is 0.497 e. The molecule has 0 aromatic heterocycles. The quantitative estimate of drug-likeness (QED) is 0.139. The molecule has 10 nitrogen and oxygen atoms in total. The number of ether oxygens (including phenoxy) is 3. The smallest absolute Gasteiger partial charge is 0.252 e. The van der Waals surface area contributed by atoms with Crippen LogP contribution in [0.2, 0.25) is 0 Å². The Hall–Kier alpha value is -4.53. The van der Waals surface area contributed by atoms with Crippen molar-refractivity contribution in [1.29, 1.82) is 0 Å². The van der Waals surface area contributed by atoms with Crippen LogP contribution in [0.4, 0.5) is 0 Å². The van der Waals surface area contributed by atoms with Gasteiger partial charge in [-0.2, -0.15) is 0 Å². The van der Waals surface area contributed by atoms with Gasteiger partial charge in [0.25, 0.3) is 5.91 Å². The van der Waals surface area contributed by atoms with Crippen molar-refractivity contribution < 1.29 is 24.1 Å². The number of methoxy groups -OCH3 is 1. The van der Waals surface area contributed by atoms with Crippen LogP contribution in [-0.2, 0) is 29.0 Å². The summed E-state index contributed by atoms with van der Waals surface area (Å²) in [6.45, 7) is 2.79. The number of carbonyl (C=O) groups excluding carboxylic acids is 1. The molecule has 10 heteroatoms. The Morgan fingerprint density at radius 1 is 1.10 bits per heavy atom. The molecule has 208 valence electrons. The second-order valence-corrected chi connectivity index (χ2v) is 9.42. The first-order chi connectivity index (χ1) is 19.5. The Bertz CT molecular complexity index is 1370. The molecule has 40 heavy (non-hydrogen) atoms. The number of nitrogens with zero attached hydrogens (tertiary/aromatic N) is 4. The minimum Gasteiger partial charge on any atom is -0.497 e. The molecule has 0 aliphatic carbocycles. The van der Waals surface area contributed by atoms with Gasteiger partial charge >= 0.3 is 0 Å². The van der Waals surface area contributed by atoms with Crippen LogP contribution in [0.1, 0.15) is 35.6 Å². The van der Waals surface area contributed by atoms with Gasteiger partial charge in [-0.1, -0.05) is 41.5 Å². The zero-order chi connectivity index (χ0) is 28.4. The summed E-state index contributed by atoms with van der Waals surface area (Å²) in [5.74, 6) is 1.49. The Morgan fingerprint density at radius 3 is 2.48 bits per heavy atom. The van der Waals surface area contributed by atoms with Crippen molar-refractivity contribution in [1.82, 2.24) is 5.32 Å². The number of hydrogen-bond donors (Lipinski definition) is 2. The first-order valence-electron chi connectivity index (χ1n) is 13.1. The lowest BCUT2D eigenvalue weighted by atomic mass is 9.84. The molecule has 0 radical (unpaired) electrons. The van der Waals surface area contributed by atoms with Crippen molar-refractivity contribution in [2.75, 3.05) is 20.3 Å². The molecule has 0 spiro atoms. The first-order valence-corrected chi connectivity index (χ1v) is 13.1. The van der Waals surface area contributed by atoms with Crippen LogP contribution in [0.3, 0.4) is 0 Å². The van der Waals surface area contributed by atoms with Gasteiger partial charge in [0.05, 0.1) is 20.3 Å². The van der Waals surface area contributed by atoms with E-state index < -0.39 is 11.6 Å². The highest BCUT2D eigenvalue weighted by molar-refractivity contribution is 6.01. The molecule has 1 aliphatic rings. The highest BCUT2D eigenvalue weighted by atomic mass is 16.5. The van der Waals surface area contributed by atoms with Crippen molar-refractivity contribution in [3.63, 3.8) is 0 Å². The molecule has 0 fully saturated rings. The van der Waals surface area contributed by atoms with Crippen LogP contribution in [0.25, 0.3) is 10.4 Å². The zero-order valence-corrected chi connectivity index (χ0v) is 22.6. The van der Waals surface area contributed by atoms with Gasteiger partial charge in [0.15, 0.2) is 5.54 Å². The van der Waals surface area contributed by atoms with E-state index in [1.807, 2.05) is 79.7 Å². The Balaban J connectivity index is 1.64. The number of nitrogens with one attached hydrogen (secondary N) is 1. The maximum Gasteiger partial charge on any atom is 0.252 e. The number of benzene rings is 3. The van der Waals surface area contributed by atoms with Gasteiger partial charge in [-0.05, 0) is 65.5 Å². The zero-order valence-electron chi connectivity index (χ0n) is 22.6. The Morgan fingerprint density at radius 2 is 1.80 bits per heavy atom. The van der Waals surface area contributed by atoms with Crippen LogP contribution in [0, 0.1) is 0 Å². The van der Waals surface area contributed by atoms with E-state index in [4.69, 9.17) is 29.8 Å². The topological polar surface area (TPSA) is 138 Å². The lowest BCUT2D eigenvalue weighted by Crippen LogP contribution is -2.52. The van der Waals surface area contributed by atoms with Gasteiger partial charge in [-0.15, -0.1) is 0 Å². The molecule has 3 aromatic rings. The minimum atomic E-state index is -1.26. The third-order valence-electron chi connectivity index (χ3n) is 6.82. The third kappa shape index (κ3) is 6.72. The predicted molar refractivity (Wildman–Crippen MR) is 151 cm³/mol. The second kappa shape index (κ2) is 13.5. The summed E-state index contributed by atoms with van der Waals surface area (Å²) >= 11 is 0. The van der Waals surface area contributed by atoms with E-state index in [1.165, 1.54) is 0 Å². The van der Waals surface area contributed by atoms with Gasteiger partial charge in [0.2, 0.25) is 5.90 Å². The number of amides is 1. The van der Waals surface area contributed by atoms with E-state index in [-0.39, 0.29) is 25.5 Å². The Kier molecular flexibility index (Phi) is 9.62. The third-order valence-corrected chi connectivity index (χ3v) is 6.82. The molecule has 1 amide bonds. The number of aliphatic hydroxyl groups is 1. The number of rotatable bonds is 13. The lowest BCUT2D eigenvalue weighted by Gasteiger charge is -2.29. The van der Waals surface area contributed by atoms with Crippen molar-refractivity contribution in [3.8, 4) is 11.5 Å². The average Bonchev–Trinajstić information content (AvgIpc) is 3.32. The SMILES string of the molecule is COc1ccc(CNC(=O)[C@]2(Cc3ccccc3CN=[N+]=[N-])N=C(c3ccc(OCCCO)cc3)O[C@@H]2C)cc1. The van der Waals surface area contributed by atoms with Gasteiger partial charge in [-0.25, -0.2) is 4.99 Å². The van der Waals surface area contributed by atoms with Crippen LogP contribution >= 0.6 is 0 Å². The summed E-state index contributed by atoms with van der Waals surface area (Å²) in [6.07, 6.45) is 0.224. The molecule has 0 bridgehead atoms. The molecule has 1 heterocycles. The molecule has 0 unspecified atom stereocenters. The van der Waals surface area contributed by atoms with Crippen LogP contribution in [-0.4, -0.2) is 48.9 Å². The maximum absolute atomic E-state index is 13.9. The fraction of sp³-hybridized carbons (Fsp3) is 0.333. The highest BCUT2D eigenvalue weighted by Gasteiger charge is 2.50. The molecule has 2 N–H and O–H groups in total. The average molecular weight is 544 g/mol. The molecule has 0 saturated heterocycles. The fourth-order valence-electron chi connectivity index (χ4n) is 4.50. The van der Waals surface area contributed by atoms with Crippen LogP contribution in [0.5, 0.6) is 11.5 Å². The van der Waals surface area contributed by atoms with Crippen molar-refractivity contribution in [3.05, 3.63) is 105 Å². The summed E-state index contributed by atoms with van der Waals surface area (Å²) < 4.78 is 17.1. The fourth-order valence-corrected chi connectivity index (χ4v) is 4.50. The Labute approximate surface area is 233 Å². The summed E-state index contributed by atoms with van der Waals surface area (Å²) in [7, 11) is 1.61. The number of azide groups is 1. The number of hydrogen-bond acceptors (Lipinski definition) is 7. The van der Waals surface area contributed by atoms with Crippen LogP contribution in [0.15, 0.2) is 82.9 Å². The van der Waals surface area contributed by atoms with E-state index in [1.54, 1.807) is 7.11 Å². The van der Waals surface area contributed by atoms with E-state index in [0.717, 1.165) is 22.4 Å². The van der Waals surface area contributed by atoms with Gasteiger partial charge in [0.1, 0.15) is 17.6 Å². The number of aliphatic imine (C=N–C) groups is 1. The summed E-state index contributed by atoms with van der Waals surface area (Å²) in [5, 5.41) is 15.8. The van der Waals surface area contributed by atoms with Crippen molar-refractivity contribution in [2.45, 2.75) is 44.5 Å². The summed E-state index contributed by atoms with van der Waals surface area (Å²) in [6, 6.07) is 22.3.